The number of nitrogens with zero attached hydrogens (tertiary/aromatic N) is 2. The predicted molar refractivity (Wildman–Crippen MR) is 81.7 cm³/mol. The van der Waals surface area contributed by atoms with Gasteiger partial charge in [0.25, 0.3) is 0 Å². The highest BCUT2D eigenvalue weighted by molar-refractivity contribution is 7.99. The number of ether oxygens (including phenoxy) is 1. The summed E-state index contributed by atoms with van der Waals surface area (Å²) < 4.78 is 5.85. The van der Waals surface area contributed by atoms with Gasteiger partial charge in [0.1, 0.15) is 0 Å². The molecule has 1 amide bonds. The number of thioether (sulfide) groups is 1. The summed E-state index contributed by atoms with van der Waals surface area (Å²) in [5, 5.41) is 9.01. The maximum atomic E-state index is 11.7. The summed E-state index contributed by atoms with van der Waals surface area (Å²) in [7, 11) is 0. The zero-order chi connectivity index (χ0) is 14.4. The van der Waals surface area contributed by atoms with E-state index < -0.39 is 0 Å². The fourth-order valence-electron chi connectivity index (χ4n) is 1.34. The molecule has 6 nitrogen and oxygen atoms in total. The average Bonchev–Trinajstić information content (AvgIpc) is 3.00. The number of halogens is 1. The van der Waals surface area contributed by atoms with E-state index in [1.165, 1.54) is 23.1 Å². The standard InChI is InChI=1S/C11H13ClN4O2S2/c1-2-18-11-14-10(15-16-11)13-9(17)6-19-5-7-3-4-8(12)20-7/h3-4H,2,5-6H2,1H3,(H2,13,14,15,16,17). The van der Waals surface area contributed by atoms with Crippen molar-refractivity contribution < 1.29 is 9.53 Å². The lowest BCUT2D eigenvalue weighted by atomic mass is 10.5. The third-order valence-corrected chi connectivity index (χ3v) is 4.50. The number of hydrogen-bond acceptors (Lipinski definition) is 6. The van der Waals surface area contributed by atoms with E-state index in [2.05, 4.69) is 20.5 Å². The lowest BCUT2D eigenvalue weighted by molar-refractivity contribution is -0.113. The highest BCUT2D eigenvalue weighted by Gasteiger charge is 2.08. The van der Waals surface area contributed by atoms with Gasteiger partial charge < -0.3 is 4.74 Å². The quantitative estimate of drug-likeness (QED) is 0.815. The van der Waals surface area contributed by atoms with Crippen molar-refractivity contribution in [3.8, 4) is 6.01 Å². The van der Waals surface area contributed by atoms with E-state index in [1.807, 2.05) is 19.1 Å². The molecule has 0 atom stereocenters. The van der Waals surface area contributed by atoms with E-state index in [-0.39, 0.29) is 11.9 Å². The molecule has 0 spiro atoms. The summed E-state index contributed by atoms with van der Waals surface area (Å²) in [6.07, 6.45) is 0. The van der Waals surface area contributed by atoms with Crippen molar-refractivity contribution in [2.75, 3.05) is 17.7 Å². The zero-order valence-corrected chi connectivity index (χ0v) is 13.1. The number of carbonyl (C=O) groups is 1. The van der Waals surface area contributed by atoms with Gasteiger partial charge in [-0.3, -0.25) is 10.1 Å². The van der Waals surface area contributed by atoms with E-state index in [9.17, 15) is 4.79 Å². The third-order valence-electron chi connectivity index (χ3n) is 2.10. The molecule has 20 heavy (non-hydrogen) atoms. The third kappa shape index (κ3) is 4.69. The van der Waals surface area contributed by atoms with Gasteiger partial charge in [-0.15, -0.1) is 28.2 Å². The topological polar surface area (TPSA) is 79.9 Å². The molecule has 9 heteroatoms. The van der Waals surface area contributed by atoms with E-state index in [0.29, 0.717) is 18.3 Å². The Balaban J connectivity index is 1.71. The number of anilines is 1. The van der Waals surface area contributed by atoms with Gasteiger partial charge in [0, 0.05) is 10.6 Å². The van der Waals surface area contributed by atoms with Crippen molar-refractivity contribution in [3.05, 3.63) is 21.3 Å². The molecular formula is C11H13ClN4O2S2. The molecule has 2 rings (SSSR count). The summed E-state index contributed by atoms with van der Waals surface area (Å²) in [6, 6.07) is 4.04. The Hall–Kier alpha value is -1.25. The van der Waals surface area contributed by atoms with Gasteiger partial charge in [-0.25, -0.2) is 5.10 Å². The minimum absolute atomic E-state index is 0.142. The van der Waals surface area contributed by atoms with Crippen molar-refractivity contribution in [1.29, 1.82) is 0 Å². The van der Waals surface area contributed by atoms with Crippen LogP contribution >= 0.6 is 34.7 Å². The summed E-state index contributed by atoms with van der Waals surface area (Å²) in [4.78, 5) is 16.8. The molecule has 0 unspecified atom stereocenters. The van der Waals surface area contributed by atoms with Crippen LogP contribution in [0.1, 0.15) is 11.8 Å². The zero-order valence-electron chi connectivity index (χ0n) is 10.7. The lowest BCUT2D eigenvalue weighted by Crippen LogP contribution is -2.15. The molecule has 0 bridgehead atoms. The summed E-state index contributed by atoms with van der Waals surface area (Å²) >= 11 is 8.87. The van der Waals surface area contributed by atoms with Crippen LogP contribution in [-0.2, 0) is 10.5 Å². The first-order valence-electron chi connectivity index (χ1n) is 5.84. The van der Waals surface area contributed by atoms with Crippen LogP contribution in [0.15, 0.2) is 12.1 Å². The number of thiophene rings is 1. The van der Waals surface area contributed by atoms with Crippen molar-refractivity contribution in [1.82, 2.24) is 15.2 Å². The number of amides is 1. The highest BCUT2D eigenvalue weighted by atomic mass is 35.5. The first-order valence-corrected chi connectivity index (χ1v) is 8.19. The lowest BCUT2D eigenvalue weighted by Gasteiger charge is -2.00. The molecule has 2 N–H and O–H groups in total. The molecule has 0 aliphatic heterocycles. The molecule has 0 aliphatic rings. The molecule has 2 aromatic rings. The Labute approximate surface area is 129 Å². The number of carbonyl (C=O) groups excluding carboxylic acids is 1. The average molecular weight is 333 g/mol. The van der Waals surface area contributed by atoms with Crippen molar-refractivity contribution in [2.45, 2.75) is 12.7 Å². The van der Waals surface area contributed by atoms with E-state index in [4.69, 9.17) is 16.3 Å². The molecule has 2 heterocycles. The largest absolute Gasteiger partial charge is 0.463 e. The first-order chi connectivity index (χ1) is 9.67. The maximum absolute atomic E-state index is 11.7. The van der Waals surface area contributed by atoms with Gasteiger partial charge >= 0.3 is 6.01 Å². The second-order valence-electron chi connectivity index (χ2n) is 3.65. The second kappa shape index (κ2) is 7.51. The summed E-state index contributed by atoms with van der Waals surface area (Å²) in [6.45, 7) is 2.31. The monoisotopic (exact) mass is 332 g/mol. The van der Waals surface area contributed by atoms with Crippen molar-refractivity contribution >= 4 is 46.6 Å². The van der Waals surface area contributed by atoms with Crippen LogP contribution < -0.4 is 10.1 Å². The summed E-state index contributed by atoms with van der Waals surface area (Å²) in [5.74, 6) is 1.24. The molecule has 0 radical (unpaired) electrons. The smallest absolute Gasteiger partial charge is 0.337 e. The van der Waals surface area contributed by atoms with Crippen molar-refractivity contribution in [2.24, 2.45) is 0 Å². The van der Waals surface area contributed by atoms with Crippen LogP contribution in [0.25, 0.3) is 0 Å². The van der Waals surface area contributed by atoms with E-state index in [1.54, 1.807) is 0 Å². The number of aromatic nitrogens is 3. The van der Waals surface area contributed by atoms with Gasteiger partial charge in [-0.05, 0) is 19.1 Å². The Morgan fingerprint density at radius 1 is 1.60 bits per heavy atom. The minimum atomic E-state index is -0.142. The Morgan fingerprint density at radius 3 is 3.15 bits per heavy atom. The number of nitrogens with one attached hydrogen (secondary N) is 2. The van der Waals surface area contributed by atoms with Gasteiger partial charge in [-0.1, -0.05) is 11.6 Å². The SMILES string of the molecule is CCOc1n[nH]c(NC(=O)CSCc2ccc(Cl)s2)n1. The second-order valence-corrected chi connectivity index (χ2v) is 6.43. The molecule has 0 fully saturated rings. The predicted octanol–water partition coefficient (Wildman–Crippen LogP) is 2.79. The first kappa shape index (κ1) is 15.1. The summed E-state index contributed by atoms with van der Waals surface area (Å²) in [5.41, 5.74) is 0. The minimum Gasteiger partial charge on any atom is -0.463 e. The number of aromatic amines is 1. The number of hydrogen-bond donors (Lipinski definition) is 2. The van der Waals surface area contributed by atoms with Crippen LogP contribution in [0.4, 0.5) is 5.95 Å². The van der Waals surface area contributed by atoms with E-state index in [0.717, 1.165) is 15.0 Å². The Kier molecular flexibility index (Phi) is 5.69. The molecule has 2 aromatic heterocycles. The van der Waals surface area contributed by atoms with Gasteiger partial charge in [0.2, 0.25) is 11.9 Å². The molecule has 108 valence electrons. The fourth-order valence-corrected chi connectivity index (χ4v) is 3.36. The van der Waals surface area contributed by atoms with E-state index >= 15 is 0 Å². The van der Waals surface area contributed by atoms with Crippen LogP contribution in [0.2, 0.25) is 4.34 Å². The van der Waals surface area contributed by atoms with Crippen LogP contribution in [0.5, 0.6) is 6.01 Å². The maximum Gasteiger partial charge on any atom is 0.337 e. The van der Waals surface area contributed by atoms with Gasteiger partial charge in [-0.2, -0.15) is 4.98 Å². The molecule has 0 saturated heterocycles. The van der Waals surface area contributed by atoms with Gasteiger partial charge in [0.15, 0.2) is 0 Å². The molecule has 0 aromatic carbocycles. The van der Waals surface area contributed by atoms with Crippen LogP contribution in [0.3, 0.4) is 0 Å². The number of rotatable bonds is 7. The molecular weight excluding hydrogens is 320 g/mol. The van der Waals surface area contributed by atoms with Crippen LogP contribution in [-0.4, -0.2) is 33.4 Å². The fraction of sp³-hybridized carbons (Fsp3) is 0.364. The Morgan fingerprint density at radius 2 is 2.45 bits per heavy atom. The molecule has 0 saturated carbocycles. The number of H-pyrrole nitrogens is 1. The van der Waals surface area contributed by atoms with Gasteiger partial charge in [0.05, 0.1) is 16.7 Å². The van der Waals surface area contributed by atoms with Crippen molar-refractivity contribution in [3.63, 3.8) is 0 Å². The normalized spacial score (nSPS) is 10.5. The Bertz CT molecular complexity index is 572. The highest BCUT2D eigenvalue weighted by Crippen LogP contribution is 2.25. The van der Waals surface area contributed by atoms with Crippen LogP contribution in [0, 0.1) is 0 Å². The molecule has 0 aliphatic carbocycles.